The topological polar surface area (TPSA) is 75.9 Å². The molecule has 4 aliphatic heterocycles. The summed E-state index contributed by atoms with van der Waals surface area (Å²) in [6, 6.07) is 1.74. The minimum Gasteiger partial charge on any atom is -0.360 e. The molecule has 1 aromatic heterocycles. The molecule has 4 atom stereocenters. The van der Waals surface area contributed by atoms with Gasteiger partial charge in [0, 0.05) is 19.2 Å². The normalized spacial score (nSPS) is 36.9. The molecule has 3 fully saturated rings. The van der Waals surface area contributed by atoms with Gasteiger partial charge in [0.05, 0.1) is 24.5 Å². The molecule has 5 heterocycles. The van der Waals surface area contributed by atoms with Crippen LogP contribution in [0, 0.1) is 18.8 Å². The number of fused-ring (bicyclic) bond motifs is 1. The Morgan fingerprint density at radius 1 is 1.38 bits per heavy atom. The van der Waals surface area contributed by atoms with E-state index in [0.717, 1.165) is 25.9 Å². The third-order valence-corrected chi connectivity index (χ3v) is 5.70. The predicted octanol–water partition coefficient (Wildman–Crippen LogP) is 0.892. The van der Waals surface area contributed by atoms with Crippen molar-refractivity contribution < 1.29 is 18.8 Å². The highest BCUT2D eigenvalue weighted by molar-refractivity contribution is 6.02. The predicted molar refractivity (Wildman–Crippen MR) is 83.1 cm³/mol. The zero-order valence-corrected chi connectivity index (χ0v) is 13.5. The van der Waals surface area contributed by atoms with Crippen LogP contribution in [0.5, 0.6) is 0 Å². The van der Waals surface area contributed by atoms with Crippen LogP contribution in [0.15, 0.2) is 22.7 Å². The first-order valence-corrected chi connectivity index (χ1v) is 8.50. The Bertz CT molecular complexity index is 751. The number of hydrogen-bond acceptors (Lipinski definition) is 5. The van der Waals surface area contributed by atoms with Gasteiger partial charge in [0.1, 0.15) is 11.4 Å². The molecule has 0 aromatic carbocycles. The molecule has 2 bridgehead atoms. The summed E-state index contributed by atoms with van der Waals surface area (Å²) >= 11 is 0. The summed E-state index contributed by atoms with van der Waals surface area (Å²) in [7, 11) is 0. The number of carbonyl (C=O) groups excluding carboxylic acids is 2. The Morgan fingerprint density at radius 2 is 2.17 bits per heavy atom. The van der Waals surface area contributed by atoms with Crippen molar-refractivity contribution >= 4 is 17.6 Å². The molecule has 0 radical (unpaired) electrons. The summed E-state index contributed by atoms with van der Waals surface area (Å²) in [4.78, 5) is 29.5. The number of anilines is 1. The summed E-state index contributed by atoms with van der Waals surface area (Å²) < 4.78 is 11.2. The van der Waals surface area contributed by atoms with Crippen LogP contribution in [0.1, 0.15) is 18.6 Å². The lowest BCUT2D eigenvalue weighted by Gasteiger charge is -2.27. The number of carbonyl (C=O) groups is 2. The Kier molecular flexibility index (Phi) is 2.78. The highest BCUT2D eigenvalue weighted by Gasteiger charge is 2.67. The molecule has 0 aliphatic carbocycles. The molecule has 0 saturated carbocycles. The van der Waals surface area contributed by atoms with Crippen LogP contribution in [0.4, 0.5) is 5.82 Å². The lowest BCUT2D eigenvalue weighted by Crippen LogP contribution is -2.45. The van der Waals surface area contributed by atoms with E-state index in [1.807, 2.05) is 17.1 Å². The number of hydrogen-bond donors (Lipinski definition) is 0. The summed E-state index contributed by atoms with van der Waals surface area (Å²) in [6.07, 6.45) is 5.69. The average molecular weight is 329 g/mol. The highest BCUT2D eigenvalue weighted by Crippen LogP contribution is 2.53. The smallest absolute Gasteiger partial charge is 0.235 e. The summed E-state index contributed by atoms with van der Waals surface area (Å²) in [5.41, 5.74) is -0.700. The number of aromatic nitrogens is 1. The molecule has 1 aromatic rings. The van der Waals surface area contributed by atoms with E-state index < -0.39 is 17.4 Å². The second-order valence-electron chi connectivity index (χ2n) is 7.15. The van der Waals surface area contributed by atoms with Gasteiger partial charge < -0.3 is 14.2 Å². The van der Waals surface area contributed by atoms with Crippen molar-refractivity contribution in [2.75, 3.05) is 24.5 Å². The van der Waals surface area contributed by atoms with Crippen molar-refractivity contribution in [3.8, 4) is 0 Å². The number of likely N-dealkylation sites (tertiary alicyclic amines) is 1. The van der Waals surface area contributed by atoms with E-state index in [1.54, 1.807) is 17.9 Å². The van der Waals surface area contributed by atoms with Crippen molar-refractivity contribution in [3.63, 3.8) is 0 Å². The van der Waals surface area contributed by atoms with E-state index in [9.17, 15) is 9.59 Å². The van der Waals surface area contributed by atoms with Crippen LogP contribution >= 0.6 is 0 Å². The third-order valence-electron chi connectivity index (χ3n) is 5.70. The molecule has 7 heteroatoms. The molecule has 1 spiro atoms. The lowest BCUT2D eigenvalue weighted by atomic mass is 9.76. The molecule has 126 valence electrons. The monoisotopic (exact) mass is 329 g/mol. The second-order valence-corrected chi connectivity index (χ2v) is 7.15. The van der Waals surface area contributed by atoms with Gasteiger partial charge in [-0.15, -0.1) is 0 Å². The van der Waals surface area contributed by atoms with Gasteiger partial charge in [-0.3, -0.25) is 14.5 Å². The van der Waals surface area contributed by atoms with Gasteiger partial charge in [-0.25, -0.2) is 0 Å². The van der Waals surface area contributed by atoms with Gasteiger partial charge in [0.25, 0.3) is 0 Å². The first kappa shape index (κ1) is 14.2. The van der Waals surface area contributed by atoms with Crippen molar-refractivity contribution in [1.82, 2.24) is 10.1 Å². The van der Waals surface area contributed by atoms with Gasteiger partial charge >= 0.3 is 0 Å². The largest absolute Gasteiger partial charge is 0.360 e. The van der Waals surface area contributed by atoms with E-state index in [0.29, 0.717) is 18.1 Å². The molecule has 3 saturated heterocycles. The number of rotatable bonds is 2. The molecular weight excluding hydrogens is 310 g/mol. The fourth-order valence-corrected chi connectivity index (χ4v) is 4.60. The Morgan fingerprint density at radius 3 is 2.88 bits per heavy atom. The maximum Gasteiger partial charge on any atom is 0.235 e. The number of aryl methyl sites for hydroxylation is 1. The van der Waals surface area contributed by atoms with E-state index >= 15 is 0 Å². The van der Waals surface area contributed by atoms with Crippen molar-refractivity contribution in [2.45, 2.75) is 31.5 Å². The molecule has 5 rings (SSSR count). The SMILES string of the molecule is Cc1cc(N2CC34C=CC(O3)C(C(=O)N3CCCC3)C4C2=O)no1. The van der Waals surface area contributed by atoms with Gasteiger partial charge in [-0.1, -0.05) is 17.3 Å². The van der Waals surface area contributed by atoms with E-state index in [1.165, 1.54) is 0 Å². The van der Waals surface area contributed by atoms with Crippen molar-refractivity contribution in [3.05, 3.63) is 24.0 Å². The minimum atomic E-state index is -0.700. The summed E-state index contributed by atoms with van der Waals surface area (Å²) in [5.74, 6) is 0.232. The Balaban J connectivity index is 1.49. The molecule has 7 nitrogen and oxygen atoms in total. The van der Waals surface area contributed by atoms with Crippen LogP contribution in [-0.4, -0.2) is 53.2 Å². The molecule has 2 amide bonds. The highest BCUT2D eigenvalue weighted by atomic mass is 16.5. The van der Waals surface area contributed by atoms with Crippen LogP contribution in [0.25, 0.3) is 0 Å². The van der Waals surface area contributed by atoms with Gasteiger partial charge in [0.15, 0.2) is 5.82 Å². The molecule has 0 N–H and O–H groups in total. The number of nitrogens with zero attached hydrogens (tertiary/aromatic N) is 3. The Labute approximate surface area is 139 Å². The molecular formula is C17H19N3O4. The van der Waals surface area contributed by atoms with Gasteiger partial charge in [0.2, 0.25) is 11.8 Å². The lowest BCUT2D eigenvalue weighted by molar-refractivity contribution is -0.139. The minimum absolute atomic E-state index is 0.0558. The fourth-order valence-electron chi connectivity index (χ4n) is 4.60. The molecule has 24 heavy (non-hydrogen) atoms. The van der Waals surface area contributed by atoms with E-state index in [-0.39, 0.29) is 17.9 Å². The standard InChI is InChI=1S/C17H19N3O4/c1-10-8-12(18-24-10)20-9-17-5-4-11(23-17)13(14(17)16(20)22)15(21)19-6-2-3-7-19/h4-5,8,11,13-14H,2-3,6-7,9H2,1H3. The Hall–Kier alpha value is -2.15. The zero-order chi connectivity index (χ0) is 16.5. The fraction of sp³-hybridized carbons (Fsp3) is 0.588. The average Bonchev–Trinajstić information content (AvgIpc) is 3.34. The first-order chi connectivity index (χ1) is 11.6. The first-order valence-electron chi connectivity index (χ1n) is 8.50. The number of amides is 2. The van der Waals surface area contributed by atoms with E-state index in [4.69, 9.17) is 9.26 Å². The molecule has 4 unspecified atom stereocenters. The van der Waals surface area contributed by atoms with Gasteiger partial charge in [-0.05, 0) is 19.8 Å². The maximum absolute atomic E-state index is 13.1. The van der Waals surface area contributed by atoms with Crippen molar-refractivity contribution in [2.24, 2.45) is 11.8 Å². The summed E-state index contributed by atoms with van der Waals surface area (Å²) in [6.45, 7) is 3.74. The van der Waals surface area contributed by atoms with Crippen molar-refractivity contribution in [1.29, 1.82) is 0 Å². The second kappa shape index (κ2) is 4.69. The van der Waals surface area contributed by atoms with Gasteiger partial charge in [-0.2, -0.15) is 0 Å². The van der Waals surface area contributed by atoms with Crippen LogP contribution in [-0.2, 0) is 14.3 Å². The number of ether oxygens (including phenoxy) is 1. The third kappa shape index (κ3) is 1.73. The van der Waals surface area contributed by atoms with Crippen LogP contribution < -0.4 is 4.90 Å². The molecule has 4 aliphatic rings. The van der Waals surface area contributed by atoms with Crippen LogP contribution in [0.3, 0.4) is 0 Å². The quantitative estimate of drug-likeness (QED) is 0.753. The zero-order valence-electron chi connectivity index (χ0n) is 13.5. The van der Waals surface area contributed by atoms with E-state index in [2.05, 4.69) is 5.16 Å². The maximum atomic E-state index is 13.1. The van der Waals surface area contributed by atoms with Crippen LogP contribution in [0.2, 0.25) is 0 Å². The summed E-state index contributed by atoms with van der Waals surface area (Å²) in [5, 5.41) is 3.96.